The first kappa shape index (κ1) is 15.4. The molecule has 0 radical (unpaired) electrons. The second kappa shape index (κ2) is 6.08. The van der Waals surface area contributed by atoms with Crippen molar-refractivity contribution in [3.63, 3.8) is 0 Å². The third kappa shape index (κ3) is 2.57. The van der Waals surface area contributed by atoms with Gasteiger partial charge in [-0.1, -0.05) is 12.1 Å². The van der Waals surface area contributed by atoms with E-state index in [1.165, 1.54) is 11.8 Å². The Morgan fingerprint density at radius 2 is 1.92 bits per heavy atom. The number of hydrogen-bond acceptors (Lipinski definition) is 6. The van der Waals surface area contributed by atoms with Crippen LogP contribution in [0.1, 0.15) is 23.2 Å². The molecule has 1 saturated heterocycles. The fourth-order valence-corrected chi connectivity index (χ4v) is 3.21. The number of methoxy groups -OCH3 is 1. The molecule has 0 atom stereocenters. The predicted octanol–water partition coefficient (Wildman–Crippen LogP) is 2.31. The molecular formula is C18H19N5O2. The monoisotopic (exact) mass is 337 g/mol. The molecule has 1 aliphatic heterocycles. The van der Waals surface area contributed by atoms with Gasteiger partial charge < -0.3 is 15.4 Å². The molecule has 0 spiro atoms. The lowest BCUT2D eigenvalue weighted by Gasteiger charge is -2.16. The van der Waals surface area contributed by atoms with Crippen molar-refractivity contribution in [3.05, 3.63) is 42.0 Å². The van der Waals surface area contributed by atoms with Gasteiger partial charge in [0.15, 0.2) is 11.5 Å². The number of ether oxygens (including phenoxy) is 1. The van der Waals surface area contributed by atoms with Gasteiger partial charge in [-0.05, 0) is 37.1 Å². The van der Waals surface area contributed by atoms with Crippen LogP contribution in [-0.2, 0) is 0 Å². The Morgan fingerprint density at radius 3 is 2.68 bits per heavy atom. The number of carbonyl (C=O) groups is 1. The lowest BCUT2D eigenvalue weighted by atomic mass is 10.2. The smallest absolute Gasteiger partial charge is 0.283 e. The van der Waals surface area contributed by atoms with Crippen molar-refractivity contribution < 1.29 is 9.53 Å². The third-order valence-corrected chi connectivity index (χ3v) is 4.50. The molecule has 0 saturated carbocycles. The molecule has 0 aliphatic carbocycles. The van der Waals surface area contributed by atoms with Crippen LogP contribution >= 0.6 is 0 Å². The second-order valence-electron chi connectivity index (χ2n) is 6.04. The van der Waals surface area contributed by atoms with Gasteiger partial charge in [0, 0.05) is 13.1 Å². The largest absolute Gasteiger partial charge is 0.496 e. The topological polar surface area (TPSA) is 86.3 Å². The Morgan fingerprint density at radius 1 is 1.16 bits per heavy atom. The van der Waals surface area contributed by atoms with Crippen LogP contribution in [0, 0.1) is 0 Å². The standard InChI is InChI=1S/C18H19N5O2/c1-25-14-7-3-2-6-12(14)18(24)23-17-13(16(19)21-23)8-9-15(20-17)22-10-4-5-11-22/h2-3,6-9H,4-5,10-11H2,1H3,(H2,19,21). The fourth-order valence-electron chi connectivity index (χ4n) is 3.21. The predicted molar refractivity (Wildman–Crippen MR) is 96.1 cm³/mol. The molecular weight excluding hydrogens is 318 g/mol. The van der Waals surface area contributed by atoms with E-state index in [-0.39, 0.29) is 5.91 Å². The molecule has 4 rings (SSSR count). The minimum Gasteiger partial charge on any atom is -0.496 e. The van der Waals surface area contributed by atoms with Crippen LogP contribution in [0.25, 0.3) is 11.0 Å². The number of pyridine rings is 1. The Kier molecular flexibility index (Phi) is 3.76. The Bertz CT molecular complexity index is 944. The number of nitrogens with two attached hydrogens (primary N) is 1. The number of aromatic nitrogens is 3. The Hall–Kier alpha value is -3.09. The molecule has 0 unspecified atom stereocenters. The van der Waals surface area contributed by atoms with Crippen LogP contribution in [0.2, 0.25) is 0 Å². The maximum absolute atomic E-state index is 13.0. The van der Waals surface area contributed by atoms with Crippen molar-refractivity contribution in [1.82, 2.24) is 14.8 Å². The van der Waals surface area contributed by atoms with Gasteiger partial charge in [0.25, 0.3) is 5.91 Å². The molecule has 25 heavy (non-hydrogen) atoms. The fraction of sp³-hybridized carbons (Fsp3) is 0.278. The van der Waals surface area contributed by atoms with Gasteiger partial charge in [-0.25, -0.2) is 4.98 Å². The minimum atomic E-state index is -0.315. The SMILES string of the molecule is COc1ccccc1C(=O)n1nc(N)c2ccc(N3CCCC3)nc21. The molecule has 3 aromatic rings. The third-order valence-electron chi connectivity index (χ3n) is 4.50. The number of benzene rings is 1. The molecule has 7 heteroatoms. The molecule has 0 amide bonds. The van der Waals surface area contributed by atoms with Crippen molar-refractivity contribution in [1.29, 1.82) is 0 Å². The van der Waals surface area contributed by atoms with Gasteiger partial charge in [0.05, 0.1) is 18.1 Å². The maximum atomic E-state index is 13.0. The average Bonchev–Trinajstić information content (AvgIpc) is 3.29. The van der Waals surface area contributed by atoms with E-state index in [2.05, 4.69) is 15.0 Å². The summed E-state index contributed by atoms with van der Waals surface area (Å²) in [6.07, 6.45) is 2.31. The van der Waals surface area contributed by atoms with Crippen LogP contribution in [0.15, 0.2) is 36.4 Å². The van der Waals surface area contributed by atoms with Gasteiger partial charge in [-0.15, -0.1) is 5.10 Å². The zero-order valence-electron chi connectivity index (χ0n) is 14.0. The van der Waals surface area contributed by atoms with Crippen molar-refractivity contribution in [2.24, 2.45) is 0 Å². The number of carbonyl (C=O) groups excluding carboxylic acids is 1. The molecule has 3 heterocycles. The van der Waals surface area contributed by atoms with Gasteiger partial charge in [-0.3, -0.25) is 4.79 Å². The number of anilines is 2. The van der Waals surface area contributed by atoms with Crippen molar-refractivity contribution in [3.8, 4) is 5.75 Å². The normalized spacial score (nSPS) is 14.2. The summed E-state index contributed by atoms with van der Waals surface area (Å²) in [6.45, 7) is 1.95. The van der Waals surface area contributed by atoms with E-state index >= 15 is 0 Å². The highest BCUT2D eigenvalue weighted by Gasteiger charge is 2.22. The molecule has 1 aromatic carbocycles. The van der Waals surface area contributed by atoms with E-state index in [1.807, 2.05) is 18.2 Å². The number of hydrogen-bond donors (Lipinski definition) is 1. The van der Waals surface area contributed by atoms with E-state index in [9.17, 15) is 4.79 Å². The van der Waals surface area contributed by atoms with Crippen LogP contribution < -0.4 is 15.4 Å². The van der Waals surface area contributed by atoms with Gasteiger partial charge >= 0.3 is 0 Å². The van der Waals surface area contributed by atoms with Crippen molar-refractivity contribution >= 4 is 28.6 Å². The molecule has 0 bridgehead atoms. The lowest BCUT2D eigenvalue weighted by Crippen LogP contribution is -2.20. The second-order valence-corrected chi connectivity index (χ2v) is 6.04. The Labute approximate surface area is 145 Å². The van der Waals surface area contributed by atoms with Crippen LogP contribution in [0.4, 0.5) is 11.6 Å². The van der Waals surface area contributed by atoms with E-state index in [0.29, 0.717) is 28.2 Å². The van der Waals surface area contributed by atoms with E-state index < -0.39 is 0 Å². The molecule has 7 nitrogen and oxygen atoms in total. The van der Waals surface area contributed by atoms with Crippen LogP contribution in [0.5, 0.6) is 5.75 Å². The summed E-state index contributed by atoms with van der Waals surface area (Å²) in [6, 6.07) is 10.9. The van der Waals surface area contributed by atoms with E-state index in [1.54, 1.807) is 18.2 Å². The quantitative estimate of drug-likeness (QED) is 0.789. The summed E-state index contributed by atoms with van der Waals surface area (Å²) in [5.74, 6) is 1.31. The number of fused-ring (bicyclic) bond motifs is 1. The summed E-state index contributed by atoms with van der Waals surface area (Å²) in [5.41, 5.74) is 6.89. The van der Waals surface area contributed by atoms with Gasteiger partial charge in [-0.2, -0.15) is 4.68 Å². The summed E-state index contributed by atoms with van der Waals surface area (Å²) >= 11 is 0. The summed E-state index contributed by atoms with van der Waals surface area (Å²) < 4.78 is 6.56. The zero-order chi connectivity index (χ0) is 17.4. The van der Waals surface area contributed by atoms with Crippen molar-refractivity contribution in [2.75, 3.05) is 30.8 Å². The van der Waals surface area contributed by atoms with Gasteiger partial charge in [0.1, 0.15) is 11.6 Å². The lowest BCUT2D eigenvalue weighted by molar-refractivity contribution is 0.0947. The number of nitrogen functional groups attached to an aromatic ring is 1. The van der Waals surface area contributed by atoms with Gasteiger partial charge in [0.2, 0.25) is 0 Å². The number of nitrogens with zero attached hydrogens (tertiary/aromatic N) is 4. The first-order chi connectivity index (χ1) is 12.2. The highest BCUT2D eigenvalue weighted by atomic mass is 16.5. The number of rotatable bonds is 3. The maximum Gasteiger partial charge on any atom is 0.283 e. The van der Waals surface area contributed by atoms with E-state index in [0.717, 1.165) is 31.7 Å². The zero-order valence-corrected chi connectivity index (χ0v) is 14.0. The highest BCUT2D eigenvalue weighted by Crippen LogP contribution is 2.26. The van der Waals surface area contributed by atoms with Crippen LogP contribution in [-0.4, -0.2) is 40.9 Å². The molecule has 2 N–H and O–H groups in total. The van der Waals surface area contributed by atoms with Crippen molar-refractivity contribution in [2.45, 2.75) is 12.8 Å². The van der Waals surface area contributed by atoms with Crippen LogP contribution in [0.3, 0.4) is 0 Å². The minimum absolute atomic E-state index is 0.290. The highest BCUT2D eigenvalue weighted by molar-refractivity contribution is 6.04. The first-order valence-corrected chi connectivity index (χ1v) is 8.27. The average molecular weight is 337 g/mol. The molecule has 1 fully saturated rings. The summed E-state index contributed by atoms with van der Waals surface area (Å²) in [7, 11) is 1.53. The Balaban J connectivity index is 1.83. The molecule has 128 valence electrons. The summed E-state index contributed by atoms with van der Waals surface area (Å²) in [5, 5.41) is 4.89. The summed E-state index contributed by atoms with van der Waals surface area (Å²) in [4.78, 5) is 19.9. The number of para-hydroxylation sites is 1. The first-order valence-electron chi connectivity index (χ1n) is 8.27. The van der Waals surface area contributed by atoms with E-state index in [4.69, 9.17) is 10.5 Å². The molecule has 2 aromatic heterocycles. The molecule has 1 aliphatic rings.